The Bertz CT molecular complexity index is 197. The Kier molecular flexibility index (Phi) is 17.7. The van der Waals surface area contributed by atoms with Gasteiger partial charge in [0.1, 0.15) is 0 Å². The third-order valence-electron chi connectivity index (χ3n) is 3.56. The number of rotatable bonds is 15. The van der Waals surface area contributed by atoms with Crippen LogP contribution >= 0.6 is 0 Å². The van der Waals surface area contributed by atoms with Crippen molar-refractivity contribution >= 4 is 12.4 Å². The molecule has 0 rings (SSSR count). The van der Waals surface area contributed by atoms with E-state index < -0.39 is 0 Å². The molecule has 0 atom stereocenters. The highest BCUT2D eigenvalue weighted by molar-refractivity contribution is 6.15. The van der Waals surface area contributed by atoms with Crippen LogP contribution in [0.3, 0.4) is 0 Å². The molecular weight excluding hydrogens is 244 g/mol. The van der Waals surface area contributed by atoms with Gasteiger partial charge in [-0.15, -0.1) is 0 Å². The average molecular weight is 280 g/mol. The van der Waals surface area contributed by atoms with Crippen LogP contribution in [0.25, 0.3) is 0 Å². The molecule has 0 aromatic heterocycles. The van der Waals surface area contributed by atoms with Gasteiger partial charge in [0.15, 0.2) is 0 Å². The van der Waals surface area contributed by atoms with Crippen LogP contribution in [0.15, 0.2) is 9.98 Å². The largest absolute Gasteiger partial charge is 0.292 e. The van der Waals surface area contributed by atoms with Crippen LogP contribution in [0.4, 0.5) is 0 Å². The summed E-state index contributed by atoms with van der Waals surface area (Å²) in [7, 11) is 0. The van der Waals surface area contributed by atoms with Gasteiger partial charge in [-0.05, 0) is 12.8 Å². The van der Waals surface area contributed by atoms with Crippen LogP contribution in [-0.2, 0) is 0 Å². The van der Waals surface area contributed by atoms with Crippen LogP contribution in [-0.4, -0.2) is 25.5 Å². The molecule has 20 heavy (non-hydrogen) atoms. The maximum Gasteiger partial charge on any atom is 0.0390 e. The van der Waals surface area contributed by atoms with Gasteiger partial charge >= 0.3 is 0 Å². The Morgan fingerprint density at radius 2 is 0.850 bits per heavy atom. The molecule has 0 aliphatic rings. The lowest BCUT2D eigenvalue weighted by molar-refractivity contribution is 0.612. The first-order valence-corrected chi connectivity index (χ1v) is 8.90. The fourth-order valence-electron chi connectivity index (χ4n) is 2.21. The molecule has 0 heterocycles. The third kappa shape index (κ3) is 17.3. The van der Waals surface area contributed by atoms with Crippen LogP contribution < -0.4 is 0 Å². The number of unbranched alkanes of at least 4 members (excludes halogenated alkanes) is 10. The zero-order valence-corrected chi connectivity index (χ0v) is 13.9. The second kappa shape index (κ2) is 18.3. The van der Waals surface area contributed by atoms with Crippen molar-refractivity contribution in [3.8, 4) is 0 Å². The van der Waals surface area contributed by atoms with Gasteiger partial charge in [-0.1, -0.05) is 78.1 Å². The lowest BCUT2D eigenvalue weighted by atomic mass is 10.1. The van der Waals surface area contributed by atoms with E-state index in [4.69, 9.17) is 0 Å². The van der Waals surface area contributed by atoms with Crippen LogP contribution in [0.1, 0.15) is 90.9 Å². The van der Waals surface area contributed by atoms with E-state index >= 15 is 0 Å². The number of nitrogens with zero attached hydrogens (tertiary/aromatic N) is 2. The molecule has 0 spiro atoms. The summed E-state index contributed by atoms with van der Waals surface area (Å²) in [4.78, 5) is 8.75. The van der Waals surface area contributed by atoms with E-state index in [2.05, 4.69) is 23.8 Å². The molecule has 0 aromatic rings. The van der Waals surface area contributed by atoms with Crippen molar-refractivity contribution in [1.29, 1.82) is 0 Å². The zero-order valence-electron chi connectivity index (χ0n) is 13.9. The summed E-state index contributed by atoms with van der Waals surface area (Å²) in [6.45, 7) is 6.45. The predicted molar refractivity (Wildman–Crippen MR) is 93.5 cm³/mol. The Hall–Kier alpha value is -0.660. The summed E-state index contributed by atoms with van der Waals surface area (Å²) in [6.07, 6.45) is 19.8. The number of hydrogen-bond donors (Lipinski definition) is 0. The number of hydrogen-bond acceptors (Lipinski definition) is 2. The van der Waals surface area contributed by atoms with Crippen LogP contribution in [0.2, 0.25) is 0 Å². The Labute approximate surface area is 127 Å². The first-order chi connectivity index (χ1) is 9.91. The normalized spacial score (nSPS) is 11.9. The van der Waals surface area contributed by atoms with E-state index in [9.17, 15) is 0 Å². The fourth-order valence-corrected chi connectivity index (χ4v) is 2.21. The average Bonchev–Trinajstić information content (AvgIpc) is 2.47. The molecule has 0 bridgehead atoms. The topological polar surface area (TPSA) is 24.7 Å². The first-order valence-electron chi connectivity index (χ1n) is 8.90. The quantitative estimate of drug-likeness (QED) is 0.265. The van der Waals surface area contributed by atoms with Gasteiger partial charge in [-0.2, -0.15) is 0 Å². The van der Waals surface area contributed by atoms with Crippen molar-refractivity contribution in [3.05, 3.63) is 0 Å². The van der Waals surface area contributed by atoms with E-state index in [-0.39, 0.29) is 0 Å². The molecule has 0 aromatic carbocycles. The van der Waals surface area contributed by atoms with Crippen molar-refractivity contribution < 1.29 is 0 Å². The third-order valence-corrected chi connectivity index (χ3v) is 3.56. The molecule has 0 saturated carbocycles. The molecule has 2 heteroatoms. The molecule has 0 radical (unpaired) electrons. The minimum Gasteiger partial charge on any atom is -0.292 e. The first kappa shape index (κ1) is 19.3. The molecule has 118 valence electrons. The molecule has 0 aliphatic heterocycles. The maximum atomic E-state index is 4.37. The fraction of sp³-hybridized carbons (Fsp3) is 0.889. The smallest absolute Gasteiger partial charge is 0.0390 e. The summed E-state index contributed by atoms with van der Waals surface area (Å²) in [5.74, 6) is 0. The lowest BCUT2D eigenvalue weighted by Crippen LogP contribution is -1.87. The molecule has 0 fully saturated rings. The van der Waals surface area contributed by atoms with E-state index in [1.165, 1.54) is 77.0 Å². The van der Waals surface area contributed by atoms with Gasteiger partial charge < -0.3 is 0 Å². The SMILES string of the molecule is CCCCCCCCN=CC=NCCCCCCCC. The minimum atomic E-state index is 0.967. The molecule has 0 N–H and O–H groups in total. The second-order valence-electron chi connectivity index (χ2n) is 5.65. The van der Waals surface area contributed by atoms with Gasteiger partial charge in [-0.25, -0.2) is 0 Å². The van der Waals surface area contributed by atoms with Crippen molar-refractivity contribution in [3.63, 3.8) is 0 Å². The highest BCUT2D eigenvalue weighted by Gasteiger charge is 1.89. The Balaban J connectivity index is 3.15. The summed E-state index contributed by atoms with van der Waals surface area (Å²) in [5, 5.41) is 0. The summed E-state index contributed by atoms with van der Waals surface area (Å²) in [6, 6.07) is 0. The van der Waals surface area contributed by atoms with Gasteiger partial charge in [0, 0.05) is 25.5 Å². The van der Waals surface area contributed by atoms with Crippen molar-refractivity contribution in [2.45, 2.75) is 90.9 Å². The van der Waals surface area contributed by atoms with Gasteiger partial charge in [0.25, 0.3) is 0 Å². The summed E-state index contributed by atoms with van der Waals surface area (Å²) >= 11 is 0. The molecular formula is C18H36N2. The lowest BCUT2D eigenvalue weighted by Gasteiger charge is -1.97. The molecule has 0 amide bonds. The summed E-state index contributed by atoms with van der Waals surface area (Å²) < 4.78 is 0. The molecule has 2 nitrogen and oxygen atoms in total. The van der Waals surface area contributed by atoms with Gasteiger partial charge in [-0.3, -0.25) is 9.98 Å². The molecule has 0 aliphatic carbocycles. The zero-order chi connectivity index (χ0) is 14.7. The second-order valence-corrected chi connectivity index (χ2v) is 5.65. The highest BCUT2D eigenvalue weighted by atomic mass is 14.7. The van der Waals surface area contributed by atoms with Crippen molar-refractivity contribution in [2.24, 2.45) is 9.98 Å². The molecule has 0 saturated heterocycles. The summed E-state index contributed by atoms with van der Waals surface area (Å²) in [5.41, 5.74) is 0. The standard InChI is InChI=1S/C18H36N2/c1-3-5-7-9-11-13-15-19-17-18-20-16-14-12-10-8-6-4-2/h17-18H,3-16H2,1-2H3. The van der Waals surface area contributed by atoms with E-state index in [1.807, 2.05) is 12.4 Å². The number of aliphatic imine (C=N–C) groups is 2. The van der Waals surface area contributed by atoms with Crippen molar-refractivity contribution in [2.75, 3.05) is 13.1 Å². The van der Waals surface area contributed by atoms with E-state index in [0.29, 0.717) is 0 Å². The highest BCUT2D eigenvalue weighted by Crippen LogP contribution is 2.05. The minimum absolute atomic E-state index is 0.967. The van der Waals surface area contributed by atoms with E-state index in [1.54, 1.807) is 0 Å². The van der Waals surface area contributed by atoms with Crippen LogP contribution in [0.5, 0.6) is 0 Å². The Morgan fingerprint density at radius 3 is 1.25 bits per heavy atom. The Morgan fingerprint density at radius 1 is 0.500 bits per heavy atom. The predicted octanol–water partition coefficient (Wildman–Crippen LogP) is 5.85. The van der Waals surface area contributed by atoms with Gasteiger partial charge in [0.05, 0.1) is 0 Å². The molecule has 0 unspecified atom stereocenters. The van der Waals surface area contributed by atoms with Crippen LogP contribution in [0, 0.1) is 0 Å². The van der Waals surface area contributed by atoms with E-state index in [0.717, 1.165) is 13.1 Å². The monoisotopic (exact) mass is 280 g/mol. The maximum absolute atomic E-state index is 4.37. The van der Waals surface area contributed by atoms with Gasteiger partial charge in [0.2, 0.25) is 0 Å². The van der Waals surface area contributed by atoms with Crippen molar-refractivity contribution in [1.82, 2.24) is 0 Å².